The van der Waals surface area contributed by atoms with Crippen molar-refractivity contribution in [2.45, 2.75) is 46.1 Å². The predicted octanol–water partition coefficient (Wildman–Crippen LogP) is 3.61. The van der Waals surface area contributed by atoms with Crippen LogP contribution in [0.5, 0.6) is 11.5 Å². The van der Waals surface area contributed by atoms with Crippen molar-refractivity contribution in [1.29, 1.82) is 0 Å². The maximum atomic E-state index is 5.72. The fraction of sp³-hybridized carbons (Fsp3) is 0.476. The minimum absolute atomic E-state index is 0.617. The van der Waals surface area contributed by atoms with Crippen LogP contribution in [0.25, 0.3) is 11.2 Å². The Morgan fingerprint density at radius 3 is 2.79 bits per heavy atom. The van der Waals surface area contributed by atoms with Crippen molar-refractivity contribution < 1.29 is 9.47 Å². The van der Waals surface area contributed by atoms with Crippen LogP contribution in [0, 0.1) is 0 Å². The summed E-state index contributed by atoms with van der Waals surface area (Å²) in [6.45, 7) is 6.95. The van der Waals surface area contributed by atoms with Crippen LogP contribution in [-0.2, 0) is 19.4 Å². The molecule has 1 N–H and O–H groups in total. The van der Waals surface area contributed by atoms with Crippen molar-refractivity contribution >= 4 is 17.0 Å². The van der Waals surface area contributed by atoms with E-state index in [9.17, 15) is 0 Å². The largest absolute Gasteiger partial charge is 0.490 e. The number of imidazole rings is 1. The number of hydrogen-bond donors (Lipinski definition) is 1. The van der Waals surface area contributed by atoms with Gasteiger partial charge in [-0.3, -0.25) is 0 Å². The molecule has 0 spiro atoms. The number of nitrogens with one attached hydrogen (secondary N) is 1. The first kappa shape index (κ1) is 18.5. The maximum Gasteiger partial charge on any atom is 0.165 e. The van der Waals surface area contributed by atoms with E-state index in [-0.39, 0.29) is 0 Å². The van der Waals surface area contributed by atoms with Crippen LogP contribution in [0.1, 0.15) is 38.1 Å². The van der Waals surface area contributed by atoms with Crippen LogP contribution < -0.4 is 14.8 Å². The Bertz CT molecular complexity index is 953. The third kappa shape index (κ3) is 3.74. The molecule has 0 amide bonds. The molecule has 0 saturated carbocycles. The van der Waals surface area contributed by atoms with E-state index in [0.29, 0.717) is 13.2 Å². The molecule has 0 atom stereocenters. The van der Waals surface area contributed by atoms with E-state index in [1.165, 1.54) is 18.4 Å². The average Bonchev–Trinajstić information content (AvgIpc) is 3.10. The Hall–Kier alpha value is -2.83. The van der Waals surface area contributed by atoms with Crippen LogP contribution in [-0.4, -0.2) is 39.3 Å². The third-order valence-electron chi connectivity index (χ3n) is 4.96. The van der Waals surface area contributed by atoms with Gasteiger partial charge in [-0.1, -0.05) is 6.07 Å². The van der Waals surface area contributed by atoms with Crippen LogP contribution in [0.2, 0.25) is 0 Å². The number of benzene rings is 1. The van der Waals surface area contributed by atoms with Gasteiger partial charge in [-0.05, 0) is 50.8 Å². The molecular formula is C21H27N5O2. The summed E-state index contributed by atoms with van der Waals surface area (Å²) in [5.74, 6) is 3.52. The molecule has 0 aliphatic carbocycles. The summed E-state index contributed by atoms with van der Waals surface area (Å²) in [7, 11) is 0. The molecule has 3 aromatic rings. The first-order valence-electron chi connectivity index (χ1n) is 10.1. The summed E-state index contributed by atoms with van der Waals surface area (Å²) in [6, 6.07) is 6.12. The molecule has 1 aromatic carbocycles. The van der Waals surface area contributed by atoms with Crippen molar-refractivity contribution in [2.75, 3.05) is 25.1 Å². The second-order valence-corrected chi connectivity index (χ2v) is 6.86. The Balaban J connectivity index is 1.47. The molecule has 0 fully saturated rings. The molecule has 3 heterocycles. The van der Waals surface area contributed by atoms with Crippen molar-refractivity contribution in [3.63, 3.8) is 0 Å². The molecule has 7 heteroatoms. The van der Waals surface area contributed by atoms with Crippen molar-refractivity contribution in [3.8, 4) is 11.5 Å². The molecule has 0 bridgehead atoms. The monoisotopic (exact) mass is 381 g/mol. The fourth-order valence-electron chi connectivity index (χ4n) is 3.67. The molecule has 0 unspecified atom stereocenters. The highest BCUT2D eigenvalue weighted by atomic mass is 16.5. The van der Waals surface area contributed by atoms with Crippen LogP contribution in [0.15, 0.2) is 24.5 Å². The minimum Gasteiger partial charge on any atom is -0.490 e. The Kier molecular flexibility index (Phi) is 5.60. The maximum absolute atomic E-state index is 5.72. The minimum atomic E-state index is 0.617. The van der Waals surface area contributed by atoms with Gasteiger partial charge >= 0.3 is 0 Å². The van der Waals surface area contributed by atoms with Gasteiger partial charge in [0, 0.05) is 19.5 Å². The zero-order valence-corrected chi connectivity index (χ0v) is 16.6. The molecule has 148 valence electrons. The van der Waals surface area contributed by atoms with E-state index in [1.54, 1.807) is 6.33 Å². The summed E-state index contributed by atoms with van der Waals surface area (Å²) in [6.07, 6.45) is 5.87. The van der Waals surface area contributed by atoms with Crippen LogP contribution >= 0.6 is 0 Å². The van der Waals surface area contributed by atoms with Gasteiger partial charge in [-0.25, -0.2) is 15.0 Å². The number of anilines is 1. The quantitative estimate of drug-likeness (QED) is 0.642. The highest BCUT2D eigenvalue weighted by molar-refractivity contribution is 5.83. The Morgan fingerprint density at radius 2 is 1.93 bits per heavy atom. The summed E-state index contributed by atoms with van der Waals surface area (Å²) in [4.78, 5) is 13.7. The molecule has 28 heavy (non-hydrogen) atoms. The lowest BCUT2D eigenvalue weighted by Gasteiger charge is -2.13. The summed E-state index contributed by atoms with van der Waals surface area (Å²) < 4.78 is 13.6. The van der Waals surface area contributed by atoms with Gasteiger partial charge in [0.1, 0.15) is 12.2 Å². The second-order valence-electron chi connectivity index (χ2n) is 6.86. The molecular weight excluding hydrogens is 354 g/mol. The predicted molar refractivity (Wildman–Crippen MR) is 109 cm³/mol. The highest BCUT2D eigenvalue weighted by Crippen LogP contribution is 2.29. The molecule has 4 rings (SSSR count). The van der Waals surface area contributed by atoms with Gasteiger partial charge in [0.15, 0.2) is 28.5 Å². The number of rotatable bonds is 8. The molecule has 0 saturated heterocycles. The van der Waals surface area contributed by atoms with E-state index < -0.39 is 0 Å². The van der Waals surface area contributed by atoms with Crippen molar-refractivity contribution in [1.82, 2.24) is 19.5 Å². The number of ether oxygens (including phenoxy) is 2. The molecule has 1 aliphatic heterocycles. The van der Waals surface area contributed by atoms with Gasteiger partial charge in [0.05, 0.1) is 13.2 Å². The number of aryl methyl sites for hydroxylation is 2. The van der Waals surface area contributed by atoms with Gasteiger partial charge in [-0.15, -0.1) is 0 Å². The summed E-state index contributed by atoms with van der Waals surface area (Å²) >= 11 is 0. The first-order valence-corrected chi connectivity index (χ1v) is 10.1. The van der Waals surface area contributed by atoms with E-state index in [1.807, 2.05) is 19.9 Å². The average molecular weight is 381 g/mol. The Morgan fingerprint density at radius 1 is 1.07 bits per heavy atom. The smallest absolute Gasteiger partial charge is 0.165 e. The SMILES string of the molecule is CCOc1ccc(CCNc2ncnc3c2nc2n3CCCC2)cc1OCC. The highest BCUT2D eigenvalue weighted by Gasteiger charge is 2.18. The number of fused-ring (bicyclic) bond motifs is 3. The lowest BCUT2D eigenvalue weighted by molar-refractivity contribution is 0.287. The first-order chi connectivity index (χ1) is 13.8. The zero-order chi connectivity index (χ0) is 19.3. The summed E-state index contributed by atoms with van der Waals surface area (Å²) in [5.41, 5.74) is 3.00. The van der Waals surface area contributed by atoms with Crippen molar-refractivity contribution in [3.05, 3.63) is 35.9 Å². The normalized spacial score (nSPS) is 13.4. The van der Waals surface area contributed by atoms with E-state index in [4.69, 9.17) is 14.5 Å². The number of hydrogen-bond acceptors (Lipinski definition) is 6. The Labute approximate surface area is 165 Å². The lowest BCUT2D eigenvalue weighted by atomic mass is 10.1. The van der Waals surface area contributed by atoms with Crippen LogP contribution in [0.3, 0.4) is 0 Å². The van der Waals surface area contributed by atoms with Crippen molar-refractivity contribution in [2.24, 2.45) is 0 Å². The van der Waals surface area contributed by atoms with Gasteiger partial charge in [0.2, 0.25) is 0 Å². The lowest BCUT2D eigenvalue weighted by Crippen LogP contribution is -2.10. The number of aromatic nitrogens is 4. The fourth-order valence-corrected chi connectivity index (χ4v) is 3.67. The molecule has 7 nitrogen and oxygen atoms in total. The van der Waals surface area contributed by atoms with Gasteiger partial charge in [0.25, 0.3) is 0 Å². The van der Waals surface area contributed by atoms with E-state index in [0.717, 1.165) is 60.2 Å². The number of nitrogens with zero attached hydrogens (tertiary/aromatic N) is 4. The molecule has 2 aromatic heterocycles. The van der Waals surface area contributed by atoms with Gasteiger partial charge in [-0.2, -0.15) is 0 Å². The molecule has 0 radical (unpaired) electrons. The molecule has 1 aliphatic rings. The standard InChI is InChI=1S/C21H27N5O2/c1-3-27-16-9-8-15(13-17(16)28-4-2)10-11-22-20-19-21(24-14-23-20)26-12-6-5-7-18(26)25-19/h8-9,13-14H,3-7,10-12H2,1-2H3,(H,22,23,24). The topological polar surface area (TPSA) is 74.1 Å². The van der Waals surface area contributed by atoms with Crippen LogP contribution in [0.4, 0.5) is 5.82 Å². The summed E-state index contributed by atoms with van der Waals surface area (Å²) in [5, 5.41) is 3.44. The third-order valence-corrected chi connectivity index (χ3v) is 4.96. The van der Waals surface area contributed by atoms with E-state index >= 15 is 0 Å². The second kappa shape index (κ2) is 8.46. The van der Waals surface area contributed by atoms with Gasteiger partial charge < -0.3 is 19.4 Å². The van der Waals surface area contributed by atoms with E-state index in [2.05, 4.69) is 32.0 Å². The zero-order valence-electron chi connectivity index (χ0n) is 16.6.